The quantitative estimate of drug-likeness (QED) is 0.458. The number of amides is 1. The molecule has 1 heterocycles. The van der Waals surface area contributed by atoms with Gasteiger partial charge >= 0.3 is 0 Å². The lowest BCUT2D eigenvalue weighted by Crippen LogP contribution is -2.35. The van der Waals surface area contributed by atoms with Crippen LogP contribution in [0.15, 0.2) is 12.3 Å². The molecule has 0 bridgehead atoms. The molecule has 1 rings (SSSR count). The number of hydrogen-bond acceptors (Lipinski definition) is 6. The third-order valence-corrected chi connectivity index (χ3v) is 2.67. The number of pyridine rings is 1. The molecule has 1 aromatic heterocycles. The van der Waals surface area contributed by atoms with Crippen LogP contribution in [0.2, 0.25) is 5.15 Å². The molecule has 0 radical (unpaired) electrons. The van der Waals surface area contributed by atoms with E-state index >= 15 is 0 Å². The summed E-state index contributed by atoms with van der Waals surface area (Å²) in [4.78, 5) is 25.7. The average molecular weight is 304 g/mol. The summed E-state index contributed by atoms with van der Waals surface area (Å²) in [6.45, 7) is 0.441. The number of aromatic nitrogens is 1. The normalized spacial score (nSPS) is 11.9. The topological polar surface area (TPSA) is 104 Å². The van der Waals surface area contributed by atoms with Crippen molar-refractivity contribution in [2.45, 2.75) is 6.10 Å². The summed E-state index contributed by atoms with van der Waals surface area (Å²) < 4.78 is 9.96. The van der Waals surface area contributed by atoms with Gasteiger partial charge in [0.25, 0.3) is 11.6 Å². The van der Waals surface area contributed by atoms with Gasteiger partial charge in [0.15, 0.2) is 0 Å². The second kappa shape index (κ2) is 7.73. The maximum atomic E-state index is 11.9. The Bertz CT molecular complexity index is 497. The average Bonchev–Trinajstić information content (AvgIpc) is 2.42. The van der Waals surface area contributed by atoms with Gasteiger partial charge in [0.1, 0.15) is 16.9 Å². The Hall–Kier alpha value is -1.77. The molecule has 0 spiro atoms. The molecular weight excluding hydrogens is 290 g/mol. The van der Waals surface area contributed by atoms with Crippen LogP contribution in [0.5, 0.6) is 0 Å². The van der Waals surface area contributed by atoms with Crippen LogP contribution in [0.3, 0.4) is 0 Å². The summed E-state index contributed by atoms with van der Waals surface area (Å²) in [6, 6.07) is 1.15. The van der Waals surface area contributed by atoms with Gasteiger partial charge in [0, 0.05) is 20.8 Å². The maximum absolute atomic E-state index is 11.9. The van der Waals surface area contributed by atoms with Crippen LogP contribution in [0.25, 0.3) is 0 Å². The molecule has 110 valence electrons. The highest BCUT2D eigenvalue weighted by Crippen LogP contribution is 2.20. The zero-order valence-electron chi connectivity index (χ0n) is 11.0. The van der Waals surface area contributed by atoms with Crippen LogP contribution in [-0.4, -0.2) is 49.3 Å². The van der Waals surface area contributed by atoms with Crippen molar-refractivity contribution in [2.24, 2.45) is 0 Å². The summed E-state index contributed by atoms with van der Waals surface area (Å²) >= 11 is 5.65. The number of methoxy groups -OCH3 is 2. The molecule has 1 N–H and O–H groups in total. The largest absolute Gasteiger partial charge is 0.382 e. The highest BCUT2D eigenvalue weighted by molar-refractivity contribution is 6.29. The van der Waals surface area contributed by atoms with E-state index in [1.807, 2.05) is 0 Å². The number of halogens is 1. The van der Waals surface area contributed by atoms with E-state index < -0.39 is 16.5 Å². The number of ether oxygens (including phenoxy) is 2. The molecule has 0 saturated heterocycles. The molecule has 20 heavy (non-hydrogen) atoms. The van der Waals surface area contributed by atoms with Crippen LogP contribution < -0.4 is 5.32 Å². The van der Waals surface area contributed by atoms with E-state index in [1.54, 1.807) is 0 Å². The number of hydrogen-bond donors (Lipinski definition) is 1. The predicted molar refractivity (Wildman–Crippen MR) is 70.9 cm³/mol. The molecular formula is C11H14ClN3O5. The fourth-order valence-electron chi connectivity index (χ4n) is 1.45. The zero-order valence-corrected chi connectivity index (χ0v) is 11.7. The number of nitrogens with one attached hydrogen (secondary N) is 1. The summed E-state index contributed by atoms with van der Waals surface area (Å²) in [5.41, 5.74) is -0.560. The first-order valence-corrected chi connectivity index (χ1v) is 5.97. The second-order valence-corrected chi connectivity index (χ2v) is 4.19. The van der Waals surface area contributed by atoms with E-state index in [9.17, 15) is 14.9 Å². The summed E-state index contributed by atoms with van der Waals surface area (Å²) in [6.07, 6.45) is 0.598. The Balaban J connectivity index is 2.81. The maximum Gasteiger partial charge on any atom is 0.300 e. The van der Waals surface area contributed by atoms with Gasteiger partial charge in [0.05, 0.1) is 17.6 Å². The van der Waals surface area contributed by atoms with E-state index in [0.717, 1.165) is 12.3 Å². The van der Waals surface area contributed by atoms with E-state index in [4.69, 9.17) is 21.1 Å². The van der Waals surface area contributed by atoms with E-state index in [2.05, 4.69) is 10.3 Å². The number of carbonyl (C=O) groups excluding carboxylic acids is 1. The van der Waals surface area contributed by atoms with Gasteiger partial charge in [-0.1, -0.05) is 11.6 Å². The minimum absolute atomic E-state index is 0.000864. The standard InChI is InChI=1S/C11H14ClN3O5/c1-19-6-7(20-2)4-14-11(16)8-3-10(12)13-5-9(8)15(17)18/h3,5,7H,4,6H2,1-2H3,(H,14,16). The van der Waals surface area contributed by atoms with Crippen molar-refractivity contribution in [1.29, 1.82) is 0 Å². The fourth-order valence-corrected chi connectivity index (χ4v) is 1.61. The Morgan fingerprint density at radius 1 is 1.60 bits per heavy atom. The minimum atomic E-state index is -0.693. The minimum Gasteiger partial charge on any atom is -0.382 e. The predicted octanol–water partition coefficient (Wildman–Crippen LogP) is 1.03. The molecule has 1 aromatic rings. The Kier molecular flexibility index (Phi) is 6.29. The Morgan fingerprint density at radius 2 is 2.30 bits per heavy atom. The molecule has 0 fully saturated rings. The molecule has 0 aliphatic rings. The zero-order chi connectivity index (χ0) is 15.1. The van der Waals surface area contributed by atoms with Gasteiger partial charge in [-0.05, 0) is 6.07 Å². The van der Waals surface area contributed by atoms with Crippen molar-refractivity contribution in [3.63, 3.8) is 0 Å². The summed E-state index contributed by atoms with van der Waals surface area (Å²) in [5.74, 6) is -0.626. The third-order valence-electron chi connectivity index (χ3n) is 2.47. The SMILES string of the molecule is COCC(CNC(=O)c1cc(Cl)ncc1[N+](=O)[O-])OC. The van der Waals surface area contributed by atoms with Crippen LogP contribution in [0.4, 0.5) is 5.69 Å². The van der Waals surface area contributed by atoms with Crippen molar-refractivity contribution in [3.8, 4) is 0 Å². The van der Waals surface area contributed by atoms with Gasteiger partial charge in [-0.15, -0.1) is 0 Å². The second-order valence-electron chi connectivity index (χ2n) is 3.80. The smallest absolute Gasteiger partial charge is 0.300 e. The van der Waals surface area contributed by atoms with Gasteiger partial charge < -0.3 is 14.8 Å². The van der Waals surface area contributed by atoms with E-state index in [1.165, 1.54) is 14.2 Å². The third kappa shape index (κ3) is 4.41. The van der Waals surface area contributed by atoms with E-state index in [-0.39, 0.29) is 30.0 Å². The summed E-state index contributed by atoms with van der Waals surface area (Å²) in [7, 11) is 2.98. The Morgan fingerprint density at radius 3 is 2.85 bits per heavy atom. The van der Waals surface area contributed by atoms with E-state index in [0.29, 0.717) is 0 Å². The van der Waals surface area contributed by atoms with Crippen LogP contribution in [-0.2, 0) is 9.47 Å². The molecule has 0 saturated carbocycles. The molecule has 0 aliphatic heterocycles. The molecule has 1 unspecified atom stereocenters. The number of nitro groups is 1. The number of nitrogens with zero attached hydrogens (tertiary/aromatic N) is 2. The molecule has 1 atom stereocenters. The fraction of sp³-hybridized carbons (Fsp3) is 0.455. The summed E-state index contributed by atoms with van der Waals surface area (Å²) in [5, 5.41) is 13.4. The lowest BCUT2D eigenvalue weighted by molar-refractivity contribution is -0.385. The van der Waals surface area contributed by atoms with Crippen molar-refractivity contribution in [3.05, 3.63) is 33.1 Å². The van der Waals surface area contributed by atoms with Gasteiger partial charge in [-0.2, -0.15) is 0 Å². The van der Waals surface area contributed by atoms with Crippen LogP contribution in [0.1, 0.15) is 10.4 Å². The lowest BCUT2D eigenvalue weighted by atomic mass is 10.2. The van der Waals surface area contributed by atoms with Gasteiger partial charge in [-0.25, -0.2) is 4.98 Å². The molecule has 9 heteroatoms. The molecule has 8 nitrogen and oxygen atoms in total. The Labute approximate surface area is 120 Å². The molecule has 0 aromatic carbocycles. The monoisotopic (exact) mass is 303 g/mol. The number of rotatable bonds is 7. The van der Waals surface area contributed by atoms with Crippen molar-refractivity contribution in [2.75, 3.05) is 27.4 Å². The highest BCUT2D eigenvalue weighted by atomic mass is 35.5. The first-order chi connectivity index (χ1) is 9.49. The first kappa shape index (κ1) is 16.3. The van der Waals surface area contributed by atoms with Crippen molar-refractivity contribution < 1.29 is 19.2 Å². The first-order valence-electron chi connectivity index (χ1n) is 5.59. The van der Waals surface area contributed by atoms with Gasteiger partial charge in [0.2, 0.25) is 0 Å². The molecule has 1 amide bonds. The lowest BCUT2D eigenvalue weighted by Gasteiger charge is -2.14. The van der Waals surface area contributed by atoms with Crippen molar-refractivity contribution >= 4 is 23.2 Å². The molecule has 0 aliphatic carbocycles. The highest BCUT2D eigenvalue weighted by Gasteiger charge is 2.22. The van der Waals surface area contributed by atoms with Crippen LogP contribution >= 0.6 is 11.6 Å². The van der Waals surface area contributed by atoms with Crippen molar-refractivity contribution in [1.82, 2.24) is 10.3 Å². The van der Waals surface area contributed by atoms with Gasteiger partial charge in [-0.3, -0.25) is 14.9 Å². The number of carbonyl (C=O) groups is 1. The van der Waals surface area contributed by atoms with Crippen LogP contribution in [0, 0.1) is 10.1 Å².